The van der Waals surface area contributed by atoms with Gasteiger partial charge in [0.25, 0.3) is 0 Å². The van der Waals surface area contributed by atoms with Crippen LogP contribution in [0.15, 0.2) is 0 Å². The summed E-state index contributed by atoms with van der Waals surface area (Å²) in [5.74, 6) is 0. The standard InChI is InChI=1S/C9H22N2O/c1-6-8(2,3)9(4,5)12-7(10)11/h7H,6,10-11H2,1-5H3. The second-order valence-corrected chi connectivity index (χ2v) is 4.33. The summed E-state index contributed by atoms with van der Waals surface area (Å²) in [6.07, 6.45) is 0.345. The average molecular weight is 174 g/mol. The van der Waals surface area contributed by atoms with E-state index in [0.717, 1.165) is 6.42 Å². The molecule has 3 nitrogen and oxygen atoms in total. The highest BCUT2D eigenvalue weighted by molar-refractivity contribution is 4.86. The van der Waals surface area contributed by atoms with Gasteiger partial charge >= 0.3 is 0 Å². The Morgan fingerprint density at radius 1 is 1.17 bits per heavy atom. The molecule has 0 amide bonds. The second-order valence-electron chi connectivity index (χ2n) is 4.33. The largest absolute Gasteiger partial charge is 0.344 e. The molecule has 0 radical (unpaired) electrons. The molecule has 0 aliphatic rings. The van der Waals surface area contributed by atoms with E-state index in [0.29, 0.717) is 0 Å². The van der Waals surface area contributed by atoms with Crippen LogP contribution in [-0.4, -0.2) is 12.0 Å². The van der Waals surface area contributed by atoms with Crippen LogP contribution < -0.4 is 11.5 Å². The maximum atomic E-state index is 5.45. The van der Waals surface area contributed by atoms with Crippen molar-refractivity contribution in [1.82, 2.24) is 0 Å². The SMILES string of the molecule is CCC(C)(C)C(C)(C)OC(N)N. The van der Waals surface area contributed by atoms with Crippen molar-refractivity contribution in [2.75, 3.05) is 0 Å². The molecule has 74 valence electrons. The molecular formula is C9H22N2O. The van der Waals surface area contributed by atoms with Crippen molar-refractivity contribution in [1.29, 1.82) is 0 Å². The Hall–Kier alpha value is -0.120. The number of ether oxygens (including phenoxy) is 1. The maximum absolute atomic E-state index is 5.45. The first-order valence-electron chi connectivity index (χ1n) is 4.42. The predicted molar refractivity (Wildman–Crippen MR) is 51.4 cm³/mol. The zero-order valence-electron chi connectivity index (χ0n) is 8.85. The van der Waals surface area contributed by atoms with Gasteiger partial charge in [-0.15, -0.1) is 0 Å². The Labute approximate surface area is 75.5 Å². The molecule has 0 aromatic rings. The quantitative estimate of drug-likeness (QED) is 0.634. The fraction of sp³-hybridized carbons (Fsp3) is 1.00. The Kier molecular flexibility index (Phi) is 3.69. The van der Waals surface area contributed by atoms with E-state index in [-0.39, 0.29) is 11.0 Å². The van der Waals surface area contributed by atoms with E-state index in [2.05, 4.69) is 20.8 Å². The van der Waals surface area contributed by atoms with Gasteiger partial charge in [-0.25, -0.2) is 0 Å². The Bertz CT molecular complexity index is 141. The number of hydrogen-bond donors (Lipinski definition) is 2. The molecule has 0 aliphatic carbocycles. The summed E-state index contributed by atoms with van der Waals surface area (Å²) in [5, 5.41) is 0. The summed E-state index contributed by atoms with van der Waals surface area (Å²) in [5.41, 5.74) is 10.6. The maximum Gasteiger partial charge on any atom is 0.159 e. The Morgan fingerprint density at radius 2 is 1.58 bits per heavy atom. The zero-order valence-corrected chi connectivity index (χ0v) is 8.85. The molecule has 0 heterocycles. The molecule has 0 unspecified atom stereocenters. The Morgan fingerprint density at radius 3 is 1.83 bits per heavy atom. The molecule has 0 aromatic heterocycles. The van der Waals surface area contributed by atoms with Crippen molar-refractivity contribution in [3.05, 3.63) is 0 Å². The molecule has 0 saturated carbocycles. The molecular weight excluding hydrogens is 152 g/mol. The van der Waals surface area contributed by atoms with Gasteiger partial charge in [0.15, 0.2) is 6.35 Å². The molecule has 0 fully saturated rings. The van der Waals surface area contributed by atoms with Crippen LogP contribution in [0.5, 0.6) is 0 Å². The fourth-order valence-electron chi connectivity index (χ4n) is 0.925. The lowest BCUT2D eigenvalue weighted by molar-refractivity contribution is -0.133. The van der Waals surface area contributed by atoms with Crippen molar-refractivity contribution >= 4 is 0 Å². The summed E-state index contributed by atoms with van der Waals surface area (Å²) in [6.45, 7) is 10.5. The van der Waals surface area contributed by atoms with Crippen molar-refractivity contribution in [2.45, 2.75) is 53.0 Å². The average Bonchev–Trinajstić information content (AvgIpc) is 1.84. The van der Waals surface area contributed by atoms with Gasteiger partial charge in [-0.1, -0.05) is 20.8 Å². The molecule has 0 aromatic carbocycles. The molecule has 3 heteroatoms. The van der Waals surface area contributed by atoms with Gasteiger partial charge in [0.2, 0.25) is 0 Å². The third kappa shape index (κ3) is 2.73. The van der Waals surface area contributed by atoms with Crippen molar-refractivity contribution < 1.29 is 4.74 Å². The van der Waals surface area contributed by atoms with Gasteiger partial charge in [0, 0.05) is 0 Å². The normalized spacial score (nSPS) is 14.0. The van der Waals surface area contributed by atoms with E-state index in [9.17, 15) is 0 Å². The lowest BCUT2D eigenvalue weighted by Gasteiger charge is -2.41. The summed E-state index contributed by atoms with van der Waals surface area (Å²) in [4.78, 5) is 0. The molecule has 4 N–H and O–H groups in total. The minimum Gasteiger partial charge on any atom is -0.344 e. The van der Waals surface area contributed by atoms with Gasteiger partial charge in [-0.3, -0.25) is 11.5 Å². The molecule has 0 aliphatic heterocycles. The number of hydrogen-bond acceptors (Lipinski definition) is 3. The van der Waals surface area contributed by atoms with Crippen LogP contribution in [0.1, 0.15) is 41.0 Å². The van der Waals surface area contributed by atoms with Gasteiger partial charge in [-0.2, -0.15) is 0 Å². The summed E-state index contributed by atoms with van der Waals surface area (Å²) < 4.78 is 5.45. The predicted octanol–water partition coefficient (Wildman–Crippen LogP) is 1.42. The van der Waals surface area contributed by atoms with Gasteiger partial charge < -0.3 is 4.74 Å². The van der Waals surface area contributed by atoms with Gasteiger partial charge in [0.1, 0.15) is 0 Å². The summed E-state index contributed by atoms with van der Waals surface area (Å²) >= 11 is 0. The van der Waals surface area contributed by atoms with Crippen LogP contribution >= 0.6 is 0 Å². The molecule has 0 atom stereocenters. The second kappa shape index (κ2) is 3.73. The van der Waals surface area contributed by atoms with E-state index in [1.165, 1.54) is 0 Å². The molecule has 0 bridgehead atoms. The van der Waals surface area contributed by atoms with E-state index in [4.69, 9.17) is 16.2 Å². The third-order valence-corrected chi connectivity index (χ3v) is 2.94. The molecule has 0 spiro atoms. The zero-order chi connectivity index (χ0) is 9.99. The molecule has 12 heavy (non-hydrogen) atoms. The van der Waals surface area contributed by atoms with Crippen LogP contribution in [-0.2, 0) is 4.74 Å². The van der Waals surface area contributed by atoms with Crippen molar-refractivity contribution in [2.24, 2.45) is 16.9 Å². The highest BCUT2D eigenvalue weighted by Gasteiger charge is 2.37. The fourth-order valence-corrected chi connectivity index (χ4v) is 0.925. The lowest BCUT2D eigenvalue weighted by atomic mass is 9.75. The summed E-state index contributed by atoms with van der Waals surface area (Å²) in [7, 11) is 0. The number of nitrogens with two attached hydrogens (primary N) is 2. The van der Waals surface area contributed by atoms with Crippen LogP contribution in [0.25, 0.3) is 0 Å². The first kappa shape index (κ1) is 11.9. The van der Waals surface area contributed by atoms with E-state index in [1.54, 1.807) is 0 Å². The molecule has 0 saturated heterocycles. The Balaban J connectivity index is 4.37. The minimum absolute atomic E-state index is 0.0873. The van der Waals surface area contributed by atoms with Crippen LogP contribution in [0, 0.1) is 5.41 Å². The molecule has 0 rings (SSSR count). The van der Waals surface area contributed by atoms with E-state index < -0.39 is 6.35 Å². The van der Waals surface area contributed by atoms with Crippen molar-refractivity contribution in [3.63, 3.8) is 0 Å². The van der Waals surface area contributed by atoms with Gasteiger partial charge in [-0.05, 0) is 25.7 Å². The third-order valence-electron chi connectivity index (χ3n) is 2.94. The first-order valence-corrected chi connectivity index (χ1v) is 4.42. The van der Waals surface area contributed by atoms with Crippen molar-refractivity contribution in [3.8, 4) is 0 Å². The smallest absolute Gasteiger partial charge is 0.159 e. The lowest BCUT2D eigenvalue weighted by Crippen LogP contribution is -2.49. The van der Waals surface area contributed by atoms with Crippen LogP contribution in [0.3, 0.4) is 0 Å². The highest BCUT2D eigenvalue weighted by Crippen LogP contribution is 2.36. The number of rotatable bonds is 4. The van der Waals surface area contributed by atoms with Gasteiger partial charge in [0.05, 0.1) is 5.60 Å². The highest BCUT2D eigenvalue weighted by atomic mass is 16.5. The van der Waals surface area contributed by atoms with Crippen LogP contribution in [0.4, 0.5) is 0 Å². The monoisotopic (exact) mass is 174 g/mol. The minimum atomic E-state index is -0.689. The van der Waals surface area contributed by atoms with E-state index in [1.807, 2.05) is 13.8 Å². The first-order chi connectivity index (χ1) is 5.23. The topological polar surface area (TPSA) is 61.3 Å². The summed E-state index contributed by atoms with van der Waals surface area (Å²) in [6, 6.07) is 0. The van der Waals surface area contributed by atoms with E-state index >= 15 is 0 Å². The van der Waals surface area contributed by atoms with Crippen LogP contribution in [0.2, 0.25) is 0 Å².